The molecule has 2 rings (SSSR count). The summed E-state index contributed by atoms with van der Waals surface area (Å²) < 4.78 is 0. The Labute approximate surface area is 252 Å². The van der Waals surface area contributed by atoms with E-state index in [0.717, 1.165) is 6.42 Å². The van der Waals surface area contributed by atoms with Crippen molar-refractivity contribution in [1.82, 2.24) is 30.7 Å². The molecule has 0 unspecified atom stereocenters. The van der Waals surface area contributed by atoms with E-state index in [1.165, 1.54) is 0 Å². The van der Waals surface area contributed by atoms with Crippen LogP contribution in [0, 0.1) is 17.8 Å². The van der Waals surface area contributed by atoms with Crippen LogP contribution in [0.1, 0.15) is 88.0 Å². The molecule has 2 aliphatic rings. The summed E-state index contributed by atoms with van der Waals surface area (Å²) in [5.74, 6) is -1.77. The lowest BCUT2D eigenvalue weighted by Gasteiger charge is -2.35. The molecule has 0 aromatic heterocycles. The Morgan fingerprint density at radius 2 is 1.21 bits per heavy atom. The van der Waals surface area contributed by atoms with Crippen molar-refractivity contribution in [2.75, 3.05) is 27.2 Å². The molecule has 0 aliphatic carbocycles. The fraction of sp³-hybridized carbons (Fsp3) is 0.839. The zero-order chi connectivity index (χ0) is 32.1. The van der Waals surface area contributed by atoms with Crippen LogP contribution in [0.15, 0.2) is 0 Å². The van der Waals surface area contributed by atoms with Crippen molar-refractivity contribution < 1.29 is 24.0 Å². The molecule has 0 saturated carbocycles. The standard InChI is InChI=1S/C31H56N6O5/c1-18(2)23(32-28(40)25(20(5)6)35(10)11)27(39)33-24(19(3)4)30(42)37-17-13-15-22(37)29(41)36-16-12-14-21(36)26(38)34-31(7,8)9/h18-25H,12-17H2,1-11H3,(H,32,40)(H,33,39)(H,34,38)/t21-,22-,23-,24-,25-/m0/s1. The molecule has 11 nitrogen and oxygen atoms in total. The maximum absolute atomic E-state index is 13.9. The molecule has 0 radical (unpaired) electrons. The van der Waals surface area contributed by atoms with Crippen molar-refractivity contribution in [3.05, 3.63) is 0 Å². The summed E-state index contributed by atoms with van der Waals surface area (Å²) in [4.78, 5) is 72.4. The molecule has 5 amide bonds. The van der Waals surface area contributed by atoms with Crippen molar-refractivity contribution in [2.45, 2.75) is 124 Å². The maximum Gasteiger partial charge on any atom is 0.246 e. The topological polar surface area (TPSA) is 131 Å². The van der Waals surface area contributed by atoms with Crippen molar-refractivity contribution in [1.29, 1.82) is 0 Å². The lowest BCUT2D eigenvalue weighted by atomic mass is 9.97. The van der Waals surface area contributed by atoms with Gasteiger partial charge in [0.1, 0.15) is 24.2 Å². The quantitative estimate of drug-likeness (QED) is 0.335. The van der Waals surface area contributed by atoms with Crippen LogP contribution >= 0.6 is 0 Å². The Morgan fingerprint density at radius 3 is 1.69 bits per heavy atom. The molecule has 3 N–H and O–H groups in total. The Hall–Kier alpha value is -2.69. The average molecular weight is 593 g/mol. The SMILES string of the molecule is CC(C)[C@H](NC(=O)[C@H](C(C)C)N(C)C)C(=O)N[C@H](C(=O)N1CCC[C@H]1C(=O)N1CCC[C@H]1C(=O)NC(C)(C)C)C(C)C. The van der Waals surface area contributed by atoms with Gasteiger partial charge in [0.15, 0.2) is 0 Å². The number of rotatable bonds is 11. The molecule has 2 heterocycles. The van der Waals surface area contributed by atoms with Gasteiger partial charge in [-0.05, 0) is 78.3 Å². The molecular formula is C31H56N6O5. The van der Waals surface area contributed by atoms with Crippen LogP contribution in [0.4, 0.5) is 0 Å². The second kappa shape index (κ2) is 14.7. The first-order valence-electron chi connectivity index (χ1n) is 15.6. The molecule has 0 aromatic rings. The summed E-state index contributed by atoms with van der Waals surface area (Å²) in [6.07, 6.45) is 2.50. The van der Waals surface area contributed by atoms with Gasteiger partial charge in [-0.1, -0.05) is 41.5 Å². The Kier molecular flexibility index (Phi) is 12.4. The van der Waals surface area contributed by atoms with Crippen molar-refractivity contribution in [3.8, 4) is 0 Å². The van der Waals surface area contributed by atoms with Gasteiger partial charge in [0.25, 0.3) is 0 Å². The highest BCUT2D eigenvalue weighted by Crippen LogP contribution is 2.27. The molecular weight excluding hydrogens is 536 g/mol. The molecule has 5 atom stereocenters. The molecule has 0 aromatic carbocycles. The van der Waals surface area contributed by atoms with Crippen LogP contribution < -0.4 is 16.0 Å². The third kappa shape index (κ3) is 8.91. The van der Waals surface area contributed by atoms with E-state index in [4.69, 9.17) is 0 Å². The number of amides is 5. The van der Waals surface area contributed by atoms with E-state index in [0.29, 0.717) is 32.4 Å². The van der Waals surface area contributed by atoms with Crippen LogP contribution in [-0.4, -0.2) is 107 Å². The van der Waals surface area contributed by atoms with Crippen molar-refractivity contribution in [2.24, 2.45) is 17.8 Å². The minimum absolute atomic E-state index is 0.0419. The van der Waals surface area contributed by atoms with Crippen LogP contribution in [0.2, 0.25) is 0 Å². The normalized spacial score (nSPS) is 21.6. The van der Waals surface area contributed by atoms with Gasteiger partial charge in [0.2, 0.25) is 29.5 Å². The number of likely N-dealkylation sites (tertiary alicyclic amines) is 2. The zero-order valence-electron chi connectivity index (χ0n) is 27.7. The number of hydrogen-bond donors (Lipinski definition) is 3. The summed E-state index contributed by atoms with van der Waals surface area (Å²) in [5.41, 5.74) is -0.415. The average Bonchev–Trinajstić information content (AvgIpc) is 3.53. The van der Waals surface area contributed by atoms with Crippen LogP contribution in [-0.2, 0) is 24.0 Å². The third-order valence-electron chi connectivity index (χ3n) is 8.09. The van der Waals surface area contributed by atoms with Gasteiger partial charge < -0.3 is 25.8 Å². The molecule has 240 valence electrons. The van der Waals surface area contributed by atoms with E-state index in [9.17, 15) is 24.0 Å². The van der Waals surface area contributed by atoms with Gasteiger partial charge >= 0.3 is 0 Å². The monoisotopic (exact) mass is 592 g/mol. The molecule has 0 bridgehead atoms. The van der Waals surface area contributed by atoms with Gasteiger partial charge in [-0.2, -0.15) is 0 Å². The number of hydrogen-bond acceptors (Lipinski definition) is 6. The molecule has 11 heteroatoms. The first kappa shape index (κ1) is 35.5. The summed E-state index contributed by atoms with van der Waals surface area (Å²) in [6, 6.07) is -3.32. The highest BCUT2D eigenvalue weighted by Gasteiger charge is 2.44. The first-order valence-corrected chi connectivity index (χ1v) is 15.6. The molecule has 2 aliphatic heterocycles. The second-order valence-electron chi connectivity index (χ2n) is 14.2. The second-order valence-corrected chi connectivity index (χ2v) is 14.2. The smallest absolute Gasteiger partial charge is 0.246 e. The van der Waals surface area contributed by atoms with Crippen molar-refractivity contribution >= 4 is 29.5 Å². The first-order chi connectivity index (χ1) is 19.4. The Morgan fingerprint density at radius 1 is 0.714 bits per heavy atom. The molecule has 2 saturated heterocycles. The van der Waals surface area contributed by atoms with E-state index in [-0.39, 0.29) is 41.4 Å². The maximum atomic E-state index is 13.9. The number of nitrogens with zero attached hydrogens (tertiary/aromatic N) is 3. The summed E-state index contributed by atoms with van der Waals surface area (Å²) in [5, 5.41) is 8.81. The summed E-state index contributed by atoms with van der Waals surface area (Å²) in [7, 11) is 3.66. The van der Waals surface area contributed by atoms with Crippen LogP contribution in [0.3, 0.4) is 0 Å². The highest BCUT2D eigenvalue weighted by molar-refractivity contribution is 5.96. The fourth-order valence-electron chi connectivity index (χ4n) is 6.08. The Balaban J connectivity index is 2.20. The summed E-state index contributed by atoms with van der Waals surface area (Å²) in [6.45, 7) is 17.9. The minimum Gasteiger partial charge on any atom is -0.350 e. The van der Waals surface area contributed by atoms with E-state index in [2.05, 4.69) is 16.0 Å². The van der Waals surface area contributed by atoms with Crippen LogP contribution in [0.5, 0.6) is 0 Å². The number of carbonyl (C=O) groups excluding carboxylic acids is 5. The van der Waals surface area contributed by atoms with E-state index in [1.54, 1.807) is 9.80 Å². The minimum atomic E-state index is -0.864. The largest absolute Gasteiger partial charge is 0.350 e. The van der Waals surface area contributed by atoms with Gasteiger partial charge in [-0.3, -0.25) is 28.9 Å². The molecule has 42 heavy (non-hydrogen) atoms. The van der Waals surface area contributed by atoms with Crippen LogP contribution in [0.25, 0.3) is 0 Å². The fourth-order valence-corrected chi connectivity index (χ4v) is 6.08. The summed E-state index contributed by atoms with van der Waals surface area (Å²) >= 11 is 0. The molecule has 2 fully saturated rings. The Bertz CT molecular complexity index is 981. The lowest BCUT2D eigenvalue weighted by molar-refractivity contribution is -0.148. The van der Waals surface area contributed by atoms with E-state index in [1.807, 2.05) is 81.3 Å². The van der Waals surface area contributed by atoms with E-state index < -0.39 is 41.7 Å². The van der Waals surface area contributed by atoms with Gasteiger partial charge in [-0.25, -0.2) is 0 Å². The number of carbonyl (C=O) groups is 5. The van der Waals surface area contributed by atoms with Gasteiger partial charge in [-0.15, -0.1) is 0 Å². The van der Waals surface area contributed by atoms with E-state index >= 15 is 0 Å². The van der Waals surface area contributed by atoms with Gasteiger partial charge in [0.05, 0.1) is 6.04 Å². The lowest BCUT2D eigenvalue weighted by Crippen LogP contribution is -2.61. The predicted octanol–water partition coefficient (Wildman–Crippen LogP) is 1.75. The molecule has 0 spiro atoms. The number of nitrogens with one attached hydrogen (secondary N) is 3. The predicted molar refractivity (Wildman–Crippen MR) is 163 cm³/mol. The number of likely N-dealkylation sites (N-methyl/N-ethyl adjacent to an activating group) is 1. The van der Waals surface area contributed by atoms with Crippen molar-refractivity contribution in [3.63, 3.8) is 0 Å². The van der Waals surface area contributed by atoms with Gasteiger partial charge in [0, 0.05) is 18.6 Å². The highest BCUT2D eigenvalue weighted by atomic mass is 16.2. The third-order valence-corrected chi connectivity index (χ3v) is 8.09. The zero-order valence-corrected chi connectivity index (χ0v) is 27.7.